The fourth-order valence-corrected chi connectivity index (χ4v) is 5.53. The Bertz CT molecular complexity index is 361. The van der Waals surface area contributed by atoms with Crippen molar-refractivity contribution in [2.45, 2.75) is 64.4 Å². The van der Waals surface area contributed by atoms with Crippen molar-refractivity contribution in [1.29, 1.82) is 0 Å². The Balaban J connectivity index is 1.60. The standard InChI is InChI=1S/C17H28O2S/c1-16(2)6-3-13(4-7-16)15(18)14-5-9-19-17(11-14)8-10-20-12-17/h13-14H,3-12H2,1-2H3. The van der Waals surface area contributed by atoms with Crippen LogP contribution in [0, 0.1) is 17.3 Å². The lowest BCUT2D eigenvalue weighted by molar-refractivity contribution is -0.139. The lowest BCUT2D eigenvalue weighted by atomic mass is 9.69. The average molecular weight is 296 g/mol. The minimum atomic E-state index is 0.0528. The molecule has 3 heteroatoms. The molecule has 1 spiro atoms. The molecule has 0 amide bonds. The van der Waals surface area contributed by atoms with Crippen molar-refractivity contribution in [3.05, 3.63) is 0 Å². The van der Waals surface area contributed by atoms with Crippen molar-refractivity contribution in [3.8, 4) is 0 Å². The van der Waals surface area contributed by atoms with E-state index in [1.165, 1.54) is 18.6 Å². The number of carbonyl (C=O) groups excluding carboxylic acids is 1. The van der Waals surface area contributed by atoms with Gasteiger partial charge in [0.15, 0.2) is 0 Å². The minimum absolute atomic E-state index is 0.0528. The van der Waals surface area contributed by atoms with Crippen molar-refractivity contribution in [2.75, 3.05) is 18.1 Å². The van der Waals surface area contributed by atoms with E-state index in [2.05, 4.69) is 13.8 Å². The van der Waals surface area contributed by atoms with Gasteiger partial charge in [0.2, 0.25) is 0 Å². The molecule has 2 aliphatic heterocycles. The molecule has 20 heavy (non-hydrogen) atoms. The maximum Gasteiger partial charge on any atom is 0.139 e. The number of ketones is 1. The summed E-state index contributed by atoms with van der Waals surface area (Å²) in [5.41, 5.74) is 0.507. The molecule has 3 rings (SSSR count). The Morgan fingerprint density at radius 3 is 2.50 bits per heavy atom. The van der Waals surface area contributed by atoms with Crippen LogP contribution in [0.1, 0.15) is 58.8 Å². The van der Waals surface area contributed by atoms with Crippen LogP contribution in [0.3, 0.4) is 0 Å². The summed E-state index contributed by atoms with van der Waals surface area (Å²) in [5, 5.41) is 0. The smallest absolute Gasteiger partial charge is 0.139 e. The molecule has 2 unspecified atom stereocenters. The lowest BCUT2D eigenvalue weighted by Crippen LogP contribution is -2.43. The molecule has 2 saturated heterocycles. The normalized spacial score (nSPS) is 38.2. The van der Waals surface area contributed by atoms with Crippen LogP contribution in [0.2, 0.25) is 0 Å². The van der Waals surface area contributed by atoms with Gasteiger partial charge in [-0.1, -0.05) is 13.8 Å². The molecular weight excluding hydrogens is 268 g/mol. The van der Waals surface area contributed by atoms with E-state index in [4.69, 9.17) is 4.74 Å². The van der Waals surface area contributed by atoms with E-state index in [1.807, 2.05) is 11.8 Å². The zero-order valence-electron chi connectivity index (χ0n) is 13.0. The SMILES string of the molecule is CC1(C)CCC(C(=O)C2CCOC3(CCSC3)C2)CC1. The second-order valence-corrected chi connectivity index (χ2v) is 8.97. The molecule has 0 radical (unpaired) electrons. The van der Waals surface area contributed by atoms with Crippen LogP contribution in [0.5, 0.6) is 0 Å². The highest BCUT2D eigenvalue weighted by atomic mass is 32.2. The summed E-state index contributed by atoms with van der Waals surface area (Å²) < 4.78 is 6.05. The molecule has 114 valence electrons. The Labute approximate surface area is 127 Å². The molecule has 1 saturated carbocycles. The quantitative estimate of drug-likeness (QED) is 0.768. The predicted octanol–water partition coefficient (Wildman–Crippen LogP) is 4.07. The molecule has 2 heterocycles. The van der Waals surface area contributed by atoms with Gasteiger partial charge in [0.25, 0.3) is 0 Å². The second-order valence-electron chi connectivity index (χ2n) is 7.86. The van der Waals surface area contributed by atoms with Crippen molar-refractivity contribution < 1.29 is 9.53 Å². The largest absolute Gasteiger partial charge is 0.374 e. The van der Waals surface area contributed by atoms with Gasteiger partial charge >= 0.3 is 0 Å². The fraction of sp³-hybridized carbons (Fsp3) is 0.941. The molecule has 3 fully saturated rings. The minimum Gasteiger partial charge on any atom is -0.374 e. The predicted molar refractivity (Wildman–Crippen MR) is 84.1 cm³/mol. The van der Waals surface area contributed by atoms with E-state index >= 15 is 0 Å². The molecule has 0 aromatic carbocycles. The topological polar surface area (TPSA) is 26.3 Å². The van der Waals surface area contributed by atoms with Crippen molar-refractivity contribution in [2.24, 2.45) is 17.3 Å². The molecule has 2 nitrogen and oxygen atoms in total. The van der Waals surface area contributed by atoms with E-state index in [0.717, 1.165) is 44.5 Å². The van der Waals surface area contributed by atoms with E-state index in [-0.39, 0.29) is 11.5 Å². The van der Waals surface area contributed by atoms with Gasteiger partial charge in [-0.3, -0.25) is 4.79 Å². The highest BCUT2D eigenvalue weighted by Gasteiger charge is 2.44. The number of ether oxygens (including phenoxy) is 1. The third kappa shape index (κ3) is 3.09. The van der Waals surface area contributed by atoms with Gasteiger partial charge < -0.3 is 4.74 Å². The van der Waals surface area contributed by atoms with Gasteiger partial charge in [-0.15, -0.1) is 0 Å². The highest BCUT2D eigenvalue weighted by molar-refractivity contribution is 7.99. The van der Waals surface area contributed by atoms with Crippen LogP contribution in [-0.2, 0) is 9.53 Å². The van der Waals surface area contributed by atoms with Crippen molar-refractivity contribution in [1.82, 2.24) is 0 Å². The summed E-state index contributed by atoms with van der Waals surface area (Å²) >= 11 is 1.99. The van der Waals surface area contributed by atoms with E-state index < -0.39 is 0 Å². The summed E-state index contributed by atoms with van der Waals surface area (Å²) in [5.74, 6) is 3.51. The average Bonchev–Trinajstić information content (AvgIpc) is 2.86. The molecule has 2 atom stereocenters. The van der Waals surface area contributed by atoms with Gasteiger partial charge in [-0.05, 0) is 56.1 Å². The van der Waals surface area contributed by atoms with Gasteiger partial charge in [0.1, 0.15) is 5.78 Å². The first-order valence-corrected chi connectivity index (χ1v) is 9.41. The van der Waals surface area contributed by atoms with Gasteiger partial charge in [-0.2, -0.15) is 11.8 Å². The van der Waals surface area contributed by atoms with E-state index in [9.17, 15) is 4.79 Å². The maximum absolute atomic E-state index is 12.8. The molecule has 0 aromatic heterocycles. The molecule has 0 N–H and O–H groups in total. The van der Waals surface area contributed by atoms with Crippen LogP contribution in [-0.4, -0.2) is 29.5 Å². The number of thioether (sulfide) groups is 1. The third-order valence-corrected chi connectivity index (χ3v) is 6.93. The van der Waals surface area contributed by atoms with Gasteiger partial charge in [-0.25, -0.2) is 0 Å². The number of carbonyl (C=O) groups is 1. The lowest BCUT2D eigenvalue weighted by Gasteiger charge is -2.40. The summed E-state index contributed by atoms with van der Waals surface area (Å²) in [4.78, 5) is 12.8. The monoisotopic (exact) mass is 296 g/mol. The first kappa shape index (κ1) is 14.9. The molecule has 0 aromatic rings. The molecule has 3 aliphatic rings. The second kappa shape index (κ2) is 5.64. The summed E-state index contributed by atoms with van der Waals surface area (Å²) in [6.07, 6.45) is 7.78. The van der Waals surface area contributed by atoms with Crippen LogP contribution in [0.4, 0.5) is 0 Å². The highest BCUT2D eigenvalue weighted by Crippen LogP contribution is 2.44. The first-order valence-electron chi connectivity index (χ1n) is 8.25. The summed E-state index contributed by atoms with van der Waals surface area (Å²) in [6, 6.07) is 0. The maximum atomic E-state index is 12.8. The fourth-order valence-electron chi connectivity index (χ4n) is 4.15. The van der Waals surface area contributed by atoms with Gasteiger partial charge in [0, 0.05) is 24.2 Å². The first-order chi connectivity index (χ1) is 9.50. The molecule has 0 bridgehead atoms. The Hall–Kier alpha value is -0.0200. The van der Waals surface area contributed by atoms with Crippen molar-refractivity contribution in [3.63, 3.8) is 0 Å². The molecular formula is C17H28O2S. The van der Waals surface area contributed by atoms with Crippen molar-refractivity contribution >= 4 is 17.5 Å². The van der Waals surface area contributed by atoms with Gasteiger partial charge in [0.05, 0.1) is 5.60 Å². The zero-order chi connectivity index (χ0) is 14.2. The number of hydrogen-bond donors (Lipinski definition) is 0. The Morgan fingerprint density at radius 2 is 1.85 bits per heavy atom. The van der Waals surface area contributed by atoms with Crippen LogP contribution < -0.4 is 0 Å². The van der Waals surface area contributed by atoms with Crippen LogP contribution in [0.15, 0.2) is 0 Å². The van der Waals surface area contributed by atoms with E-state index in [0.29, 0.717) is 17.1 Å². The zero-order valence-corrected chi connectivity index (χ0v) is 13.8. The Kier molecular flexibility index (Phi) is 4.20. The number of Topliss-reactive ketones (excluding diaryl/α,β-unsaturated/α-hetero) is 1. The molecule has 1 aliphatic carbocycles. The number of rotatable bonds is 2. The van der Waals surface area contributed by atoms with Crippen LogP contribution in [0.25, 0.3) is 0 Å². The van der Waals surface area contributed by atoms with E-state index in [1.54, 1.807) is 0 Å². The number of hydrogen-bond acceptors (Lipinski definition) is 3. The summed E-state index contributed by atoms with van der Waals surface area (Å²) in [7, 11) is 0. The third-order valence-electron chi connectivity index (χ3n) is 5.70. The Morgan fingerprint density at radius 1 is 1.10 bits per heavy atom. The summed E-state index contributed by atoms with van der Waals surface area (Å²) in [6.45, 7) is 5.48. The van der Waals surface area contributed by atoms with Crippen LogP contribution >= 0.6 is 11.8 Å².